The summed E-state index contributed by atoms with van der Waals surface area (Å²) in [5.74, 6) is 0.582. The monoisotopic (exact) mass is 493 g/mol. The number of nitrogens with zero attached hydrogens (tertiary/aromatic N) is 1. The maximum atomic E-state index is 13.9. The first-order chi connectivity index (χ1) is 15.9. The molecule has 0 aromatic heterocycles. The number of benzene rings is 3. The lowest BCUT2D eigenvalue weighted by atomic mass is 10.2. The van der Waals surface area contributed by atoms with E-state index < -0.39 is 10.7 Å². The summed E-state index contributed by atoms with van der Waals surface area (Å²) in [6.45, 7) is 1.75. The molecule has 3 rings (SSSR count). The molecule has 0 atom stereocenters. The highest BCUT2D eigenvalue weighted by molar-refractivity contribution is 6.33. The summed E-state index contributed by atoms with van der Waals surface area (Å²) in [5, 5.41) is 17.8. The standard InChI is InChI=1S/C23H22Cl2FN3O4/c1-32-23-11-15(5-8-22(23)33-14-17-18(24)3-2-4-20(17)26)13-27-9-10-28-21-7-6-16(29(30)31)12-19(21)25/h2-8,11-12,27-28H,9-10,13-14H2,1H3. The molecule has 0 bridgehead atoms. The molecule has 0 radical (unpaired) electrons. The van der Waals surface area contributed by atoms with Gasteiger partial charge >= 0.3 is 0 Å². The van der Waals surface area contributed by atoms with E-state index in [4.69, 9.17) is 32.7 Å². The number of halogens is 3. The van der Waals surface area contributed by atoms with Crippen LogP contribution in [-0.4, -0.2) is 25.1 Å². The lowest BCUT2D eigenvalue weighted by Crippen LogP contribution is -2.21. The second kappa shape index (κ2) is 11.7. The van der Waals surface area contributed by atoms with E-state index >= 15 is 0 Å². The van der Waals surface area contributed by atoms with Crippen molar-refractivity contribution in [2.75, 3.05) is 25.5 Å². The fourth-order valence-corrected chi connectivity index (χ4v) is 3.50. The second-order valence-electron chi connectivity index (χ2n) is 7.00. The first kappa shape index (κ1) is 24.6. The Morgan fingerprint density at radius 1 is 1.03 bits per heavy atom. The average Bonchev–Trinajstić information content (AvgIpc) is 2.79. The Hall–Kier alpha value is -3.07. The van der Waals surface area contributed by atoms with Gasteiger partial charge in [-0.2, -0.15) is 0 Å². The number of nitro benzene ring substituents is 1. The van der Waals surface area contributed by atoms with Crippen molar-refractivity contribution in [2.45, 2.75) is 13.2 Å². The number of ether oxygens (including phenoxy) is 2. The van der Waals surface area contributed by atoms with E-state index in [2.05, 4.69) is 10.6 Å². The fourth-order valence-electron chi connectivity index (χ4n) is 3.04. The van der Waals surface area contributed by atoms with Gasteiger partial charge in [-0.3, -0.25) is 10.1 Å². The molecule has 0 amide bonds. The number of methoxy groups -OCH3 is 1. The number of hydrogen-bond donors (Lipinski definition) is 2. The molecule has 174 valence electrons. The molecule has 0 saturated carbocycles. The molecule has 0 aliphatic rings. The normalized spacial score (nSPS) is 10.7. The predicted molar refractivity (Wildman–Crippen MR) is 127 cm³/mol. The van der Waals surface area contributed by atoms with Crippen LogP contribution in [0.5, 0.6) is 11.5 Å². The van der Waals surface area contributed by atoms with E-state index in [1.54, 1.807) is 24.3 Å². The zero-order valence-electron chi connectivity index (χ0n) is 17.7. The molecule has 3 aromatic carbocycles. The summed E-state index contributed by atoms with van der Waals surface area (Å²) in [7, 11) is 1.54. The molecule has 0 spiro atoms. The molecule has 3 aromatic rings. The third-order valence-electron chi connectivity index (χ3n) is 4.77. The van der Waals surface area contributed by atoms with Crippen LogP contribution in [0.2, 0.25) is 10.0 Å². The van der Waals surface area contributed by atoms with Crippen LogP contribution >= 0.6 is 23.2 Å². The van der Waals surface area contributed by atoms with E-state index in [-0.39, 0.29) is 17.9 Å². The smallest absolute Gasteiger partial charge is 0.271 e. The number of rotatable bonds is 11. The number of anilines is 1. The summed E-state index contributed by atoms with van der Waals surface area (Å²) in [6, 6.07) is 14.3. The van der Waals surface area contributed by atoms with Crippen molar-refractivity contribution in [2.24, 2.45) is 0 Å². The van der Waals surface area contributed by atoms with Crippen LogP contribution in [0.4, 0.5) is 15.8 Å². The Morgan fingerprint density at radius 3 is 2.55 bits per heavy atom. The van der Waals surface area contributed by atoms with Gasteiger partial charge in [-0.15, -0.1) is 0 Å². The van der Waals surface area contributed by atoms with Crippen molar-refractivity contribution >= 4 is 34.6 Å². The number of non-ortho nitro benzene ring substituents is 1. The first-order valence-corrected chi connectivity index (χ1v) is 10.8. The lowest BCUT2D eigenvalue weighted by molar-refractivity contribution is -0.384. The van der Waals surface area contributed by atoms with Gasteiger partial charge in [0.15, 0.2) is 11.5 Å². The maximum Gasteiger partial charge on any atom is 0.271 e. The van der Waals surface area contributed by atoms with Crippen LogP contribution in [-0.2, 0) is 13.2 Å². The summed E-state index contributed by atoms with van der Waals surface area (Å²) >= 11 is 12.1. The minimum absolute atomic E-state index is 0.0175. The van der Waals surface area contributed by atoms with Crippen LogP contribution in [0, 0.1) is 15.9 Å². The predicted octanol–water partition coefficient (Wildman–Crippen LogP) is 5.83. The van der Waals surface area contributed by atoms with Crippen LogP contribution in [0.15, 0.2) is 54.6 Å². The van der Waals surface area contributed by atoms with E-state index in [1.165, 1.54) is 25.3 Å². The molecule has 0 unspecified atom stereocenters. The highest BCUT2D eigenvalue weighted by Gasteiger charge is 2.11. The third kappa shape index (κ3) is 6.71. The Balaban J connectivity index is 1.49. The quantitative estimate of drug-likeness (QED) is 0.198. The van der Waals surface area contributed by atoms with Gasteiger partial charge < -0.3 is 20.1 Å². The Bertz CT molecular complexity index is 1110. The summed E-state index contributed by atoms with van der Waals surface area (Å²) in [6.07, 6.45) is 0. The van der Waals surface area contributed by atoms with Crippen molar-refractivity contribution in [3.63, 3.8) is 0 Å². The van der Waals surface area contributed by atoms with E-state index in [0.29, 0.717) is 46.9 Å². The minimum Gasteiger partial charge on any atom is -0.493 e. The van der Waals surface area contributed by atoms with Crippen molar-refractivity contribution in [3.05, 3.63) is 91.7 Å². The molecule has 0 heterocycles. The molecule has 0 saturated heterocycles. The third-order valence-corrected chi connectivity index (χ3v) is 5.44. The van der Waals surface area contributed by atoms with E-state index in [0.717, 1.165) is 5.56 Å². The fraction of sp³-hybridized carbons (Fsp3) is 0.217. The lowest BCUT2D eigenvalue weighted by Gasteiger charge is -2.14. The van der Waals surface area contributed by atoms with Gasteiger partial charge in [0.1, 0.15) is 12.4 Å². The van der Waals surface area contributed by atoms with Gasteiger partial charge in [0.25, 0.3) is 5.69 Å². The SMILES string of the molecule is COc1cc(CNCCNc2ccc([N+](=O)[O-])cc2Cl)ccc1OCc1c(F)cccc1Cl. The molecule has 10 heteroatoms. The highest BCUT2D eigenvalue weighted by atomic mass is 35.5. The first-order valence-electron chi connectivity index (χ1n) is 10.00. The van der Waals surface area contributed by atoms with Crippen molar-refractivity contribution in [3.8, 4) is 11.5 Å². The summed E-state index contributed by atoms with van der Waals surface area (Å²) < 4.78 is 25.1. The van der Waals surface area contributed by atoms with Gasteiger partial charge in [0.2, 0.25) is 0 Å². The summed E-state index contributed by atoms with van der Waals surface area (Å²) in [4.78, 5) is 10.3. The highest BCUT2D eigenvalue weighted by Crippen LogP contribution is 2.30. The Kier molecular flexibility index (Phi) is 8.71. The maximum absolute atomic E-state index is 13.9. The Morgan fingerprint density at radius 2 is 1.85 bits per heavy atom. The molecule has 33 heavy (non-hydrogen) atoms. The number of hydrogen-bond acceptors (Lipinski definition) is 6. The zero-order valence-corrected chi connectivity index (χ0v) is 19.3. The Labute approximate surface area is 200 Å². The van der Waals surface area contributed by atoms with E-state index in [1.807, 2.05) is 12.1 Å². The molecule has 7 nitrogen and oxygen atoms in total. The molecule has 0 aliphatic carbocycles. The molecule has 0 fully saturated rings. The van der Waals surface area contributed by atoms with E-state index in [9.17, 15) is 14.5 Å². The van der Waals surface area contributed by atoms with Gasteiger partial charge in [-0.05, 0) is 35.9 Å². The number of nitrogens with one attached hydrogen (secondary N) is 2. The van der Waals surface area contributed by atoms with Gasteiger partial charge in [-0.1, -0.05) is 35.3 Å². The number of nitro groups is 1. The molecule has 0 aliphatic heterocycles. The topological polar surface area (TPSA) is 85.7 Å². The van der Waals surface area contributed by atoms with Crippen LogP contribution < -0.4 is 20.1 Å². The minimum atomic E-state index is -0.489. The van der Waals surface area contributed by atoms with Gasteiger partial charge in [0, 0.05) is 37.3 Å². The molecular weight excluding hydrogens is 472 g/mol. The van der Waals surface area contributed by atoms with Crippen molar-refractivity contribution < 1.29 is 18.8 Å². The van der Waals surface area contributed by atoms with Crippen molar-refractivity contribution in [1.82, 2.24) is 5.32 Å². The zero-order chi connectivity index (χ0) is 23.8. The summed E-state index contributed by atoms with van der Waals surface area (Å²) in [5.41, 5.74) is 1.83. The molecular formula is C23H22Cl2FN3O4. The van der Waals surface area contributed by atoms with Crippen LogP contribution in [0.25, 0.3) is 0 Å². The van der Waals surface area contributed by atoms with Crippen molar-refractivity contribution in [1.29, 1.82) is 0 Å². The average molecular weight is 494 g/mol. The van der Waals surface area contributed by atoms with Gasteiger partial charge in [0.05, 0.1) is 27.8 Å². The van der Waals surface area contributed by atoms with Crippen LogP contribution in [0.3, 0.4) is 0 Å². The molecule has 2 N–H and O–H groups in total. The van der Waals surface area contributed by atoms with Gasteiger partial charge in [-0.25, -0.2) is 4.39 Å². The second-order valence-corrected chi connectivity index (χ2v) is 7.81. The van der Waals surface area contributed by atoms with Crippen LogP contribution in [0.1, 0.15) is 11.1 Å². The largest absolute Gasteiger partial charge is 0.493 e.